The maximum absolute atomic E-state index is 13.4. The molecule has 3 aliphatic rings. The third-order valence-electron chi connectivity index (χ3n) is 7.26. The van der Waals surface area contributed by atoms with Crippen molar-refractivity contribution in [2.75, 3.05) is 0 Å². The number of nitrogens with zero attached hydrogens (tertiary/aromatic N) is 4. The first-order chi connectivity index (χ1) is 13.8. The van der Waals surface area contributed by atoms with E-state index in [2.05, 4.69) is 52.2 Å². The summed E-state index contributed by atoms with van der Waals surface area (Å²) < 4.78 is 4.52. The molecule has 0 aromatic carbocycles. The number of carbonyl (C=O) groups is 1. The highest BCUT2D eigenvalue weighted by molar-refractivity contribution is 9.10. The van der Waals surface area contributed by atoms with Gasteiger partial charge in [-0.2, -0.15) is 10.2 Å². The van der Waals surface area contributed by atoms with E-state index in [0.29, 0.717) is 11.5 Å². The van der Waals surface area contributed by atoms with Crippen molar-refractivity contribution in [3.8, 4) is 5.82 Å². The minimum absolute atomic E-state index is 0.0201. The molecule has 0 radical (unpaired) electrons. The van der Waals surface area contributed by atoms with Crippen molar-refractivity contribution in [2.45, 2.75) is 70.9 Å². The first-order valence-electron chi connectivity index (χ1n) is 10.9. The minimum Gasteiger partial charge on any atom is -0.349 e. The van der Waals surface area contributed by atoms with Crippen LogP contribution >= 0.6 is 15.9 Å². The molecule has 2 aromatic rings. The van der Waals surface area contributed by atoms with Gasteiger partial charge in [0.15, 0.2) is 5.82 Å². The Labute approximate surface area is 180 Å². The molecule has 3 saturated carbocycles. The van der Waals surface area contributed by atoms with Crippen LogP contribution in [0.1, 0.15) is 69.7 Å². The fraction of sp³-hybridized carbons (Fsp3) is 0.682. The molecule has 4 unspecified atom stereocenters. The summed E-state index contributed by atoms with van der Waals surface area (Å²) in [7, 11) is 0. The second-order valence-corrected chi connectivity index (χ2v) is 11.2. The van der Waals surface area contributed by atoms with Crippen LogP contribution in [-0.4, -0.2) is 31.5 Å². The third kappa shape index (κ3) is 3.45. The molecule has 156 valence electrons. The molecule has 3 aliphatic carbocycles. The van der Waals surface area contributed by atoms with Crippen molar-refractivity contribution < 1.29 is 4.79 Å². The van der Waals surface area contributed by atoms with E-state index in [9.17, 15) is 4.79 Å². The molecule has 7 heteroatoms. The van der Waals surface area contributed by atoms with Gasteiger partial charge in [-0.15, -0.1) is 0 Å². The van der Waals surface area contributed by atoms with E-state index < -0.39 is 0 Å². The van der Waals surface area contributed by atoms with Crippen LogP contribution in [0.3, 0.4) is 0 Å². The Morgan fingerprint density at radius 2 is 1.90 bits per heavy atom. The summed E-state index contributed by atoms with van der Waals surface area (Å²) in [4.78, 5) is 13.4. The molecule has 0 saturated heterocycles. The summed E-state index contributed by atoms with van der Waals surface area (Å²) in [5.41, 5.74) is 0.339. The van der Waals surface area contributed by atoms with Crippen LogP contribution in [0.25, 0.3) is 5.82 Å². The van der Waals surface area contributed by atoms with Crippen LogP contribution in [0.15, 0.2) is 23.1 Å². The van der Waals surface area contributed by atoms with Gasteiger partial charge in [0.25, 0.3) is 5.91 Å². The van der Waals surface area contributed by atoms with Crippen LogP contribution in [0, 0.1) is 23.7 Å². The topological polar surface area (TPSA) is 64.7 Å². The molecule has 3 fully saturated rings. The molecule has 6 nitrogen and oxygen atoms in total. The van der Waals surface area contributed by atoms with Crippen molar-refractivity contribution in [2.24, 2.45) is 23.7 Å². The number of carbonyl (C=O) groups excluding carboxylic acids is 1. The van der Waals surface area contributed by atoms with Crippen LogP contribution in [0.2, 0.25) is 0 Å². The van der Waals surface area contributed by atoms with Crippen LogP contribution < -0.4 is 5.32 Å². The molecule has 1 amide bonds. The van der Waals surface area contributed by atoms with Crippen molar-refractivity contribution in [3.05, 3.63) is 28.6 Å². The number of aromatic nitrogens is 4. The van der Waals surface area contributed by atoms with Gasteiger partial charge in [0.1, 0.15) is 5.56 Å². The molecular weight excluding hydrogens is 430 g/mol. The van der Waals surface area contributed by atoms with Gasteiger partial charge in [0.05, 0.1) is 22.4 Å². The molecule has 2 aromatic heterocycles. The van der Waals surface area contributed by atoms with E-state index in [4.69, 9.17) is 0 Å². The number of hydrogen-bond donors (Lipinski definition) is 1. The first kappa shape index (κ1) is 19.3. The highest BCUT2D eigenvalue weighted by atomic mass is 79.9. The Kier molecular flexibility index (Phi) is 4.64. The Morgan fingerprint density at radius 1 is 1.10 bits per heavy atom. The van der Waals surface area contributed by atoms with Crippen LogP contribution in [-0.2, 0) is 5.54 Å². The normalized spacial score (nSPS) is 31.1. The molecule has 0 aliphatic heterocycles. The standard InChI is InChI=1S/C22H30BrN5O/c1-22(2,3)28-21(27-12-16(23)10-24-27)18(11-25-28)20(29)26-19-5-4-13-6-14-8-15(7-13)17(19)9-14/h10-15,17,19H,4-9H2,1-3H3,(H,26,29)/t13?,14?,15?,17?,19-/m0/s1. The number of hydrogen-bond acceptors (Lipinski definition) is 3. The maximum Gasteiger partial charge on any atom is 0.256 e. The molecule has 1 N–H and O–H groups in total. The zero-order valence-corrected chi connectivity index (χ0v) is 19.0. The van der Waals surface area contributed by atoms with Gasteiger partial charge in [-0.25, -0.2) is 9.36 Å². The summed E-state index contributed by atoms with van der Waals surface area (Å²) in [6.07, 6.45) is 13.2. The van der Waals surface area contributed by atoms with Crippen molar-refractivity contribution >= 4 is 21.8 Å². The fourth-order valence-corrected chi connectivity index (χ4v) is 6.43. The largest absolute Gasteiger partial charge is 0.349 e. The quantitative estimate of drug-likeness (QED) is 0.732. The number of amides is 1. The van der Waals surface area contributed by atoms with Gasteiger partial charge in [-0.1, -0.05) is 0 Å². The lowest BCUT2D eigenvalue weighted by molar-refractivity contribution is 0.0912. The molecular formula is C22H30BrN5O. The van der Waals surface area contributed by atoms with Gasteiger partial charge in [-0.05, 0) is 98.9 Å². The van der Waals surface area contributed by atoms with Crippen molar-refractivity contribution in [3.63, 3.8) is 0 Å². The monoisotopic (exact) mass is 459 g/mol. The van der Waals surface area contributed by atoms with Gasteiger partial charge >= 0.3 is 0 Å². The molecule has 3 bridgehead atoms. The van der Waals surface area contributed by atoms with Gasteiger partial charge in [0.2, 0.25) is 0 Å². The van der Waals surface area contributed by atoms with Crippen LogP contribution in [0.4, 0.5) is 0 Å². The Balaban J connectivity index is 1.45. The van der Waals surface area contributed by atoms with Crippen molar-refractivity contribution in [1.82, 2.24) is 24.9 Å². The average molecular weight is 460 g/mol. The number of fused-ring (bicyclic) bond motifs is 2. The summed E-state index contributed by atoms with van der Waals surface area (Å²) >= 11 is 3.47. The van der Waals surface area contributed by atoms with Gasteiger partial charge in [0, 0.05) is 12.2 Å². The smallest absolute Gasteiger partial charge is 0.256 e. The second kappa shape index (κ2) is 6.96. The zero-order valence-electron chi connectivity index (χ0n) is 17.4. The van der Waals surface area contributed by atoms with E-state index in [1.165, 1.54) is 32.1 Å². The van der Waals surface area contributed by atoms with Gasteiger partial charge in [-0.3, -0.25) is 4.79 Å². The SMILES string of the molecule is CC(C)(C)n1ncc(C(=O)N[C@H]2CCC3CC4CC(C3)C2C4)c1-n1cc(Br)cn1. The minimum atomic E-state index is -0.258. The number of nitrogens with one attached hydrogen (secondary N) is 1. The lowest BCUT2D eigenvalue weighted by atomic mass is 9.80. The first-order valence-corrected chi connectivity index (χ1v) is 11.7. The van der Waals surface area contributed by atoms with E-state index in [0.717, 1.165) is 34.5 Å². The highest BCUT2D eigenvalue weighted by Gasteiger charge is 2.46. The number of halogens is 1. The predicted octanol–water partition coefficient (Wildman–Crippen LogP) is 4.53. The fourth-order valence-electron chi connectivity index (χ4n) is 6.15. The Morgan fingerprint density at radius 3 is 2.62 bits per heavy atom. The Hall–Kier alpha value is -1.63. The molecule has 5 atom stereocenters. The van der Waals surface area contributed by atoms with E-state index in [1.807, 2.05) is 10.9 Å². The van der Waals surface area contributed by atoms with E-state index in [-0.39, 0.29) is 17.5 Å². The lowest BCUT2D eigenvalue weighted by Gasteiger charge is -2.27. The van der Waals surface area contributed by atoms with Gasteiger partial charge < -0.3 is 5.32 Å². The van der Waals surface area contributed by atoms with E-state index in [1.54, 1.807) is 17.1 Å². The summed E-state index contributed by atoms with van der Waals surface area (Å²) in [5, 5.41) is 12.4. The maximum atomic E-state index is 13.4. The average Bonchev–Trinajstić information content (AvgIpc) is 3.32. The summed E-state index contributed by atoms with van der Waals surface area (Å²) in [6.45, 7) is 6.26. The predicted molar refractivity (Wildman–Crippen MR) is 115 cm³/mol. The number of rotatable bonds is 3. The summed E-state index contributed by atoms with van der Waals surface area (Å²) in [6, 6.07) is 0.290. The lowest BCUT2D eigenvalue weighted by Crippen LogP contribution is -2.41. The summed E-state index contributed by atoms with van der Waals surface area (Å²) in [5.74, 6) is 3.94. The molecule has 29 heavy (non-hydrogen) atoms. The molecule has 5 rings (SSSR count). The second-order valence-electron chi connectivity index (χ2n) is 10.3. The zero-order chi connectivity index (χ0) is 20.3. The molecule has 2 heterocycles. The third-order valence-corrected chi connectivity index (χ3v) is 7.67. The van der Waals surface area contributed by atoms with Crippen molar-refractivity contribution in [1.29, 1.82) is 0 Å². The highest BCUT2D eigenvalue weighted by Crippen LogP contribution is 2.53. The molecule has 0 spiro atoms. The Bertz CT molecular complexity index is 926. The van der Waals surface area contributed by atoms with Crippen LogP contribution in [0.5, 0.6) is 0 Å². The van der Waals surface area contributed by atoms with E-state index >= 15 is 0 Å².